The molecule has 3 aromatic rings. The minimum atomic E-state index is -0.196. The van der Waals surface area contributed by atoms with E-state index in [2.05, 4.69) is 36.6 Å². The highest BCUT2D eigenvalue weighted by atomic mass is 16.3. The van der Waals surface area contributed by atoms with Gasteiger partial charge in [-0.15, -0.1) is 0 Å². The van der Waals surface area contributed by atoms with Gasteiger partial charge in [-0.2, -0.15) is 0 Å². The first kappa shape index (κ1) is 17.0. The van der Waals surface area contributed by atoms with E-state index >= 15 is 0 Å². The molecule has 0 bridgehead atoms. The number of aryl methyl sites for hydroxylation is 1. The Labute approximate surface area is 153 Å². The van der Waals surface area contributed by atoms with E-state index in [9.17, 15) is 5.11 Å². The zero-order valence-corrected chi connectivity index (χ0v) is 15.1. The molecule has 26 heavy (non-hydrogen) atoms. The molecule has 1 saturated heterocycles. The molecule has 1 aromatic carbocycles. The molecule has 0 amide bonds. The van der Waals surface area contributed by atoms with Crippen LogP contribution in [-0.4, -0.2) is 55.3 Å². The van der Waals surface area contributed by atoms with Crippen molar-refractivity contribution >= 4 is 0 Å². The summed E-state index contributed by atoms with van der Waals surface area (Å²) in [6.45, 7) is 5.53. The predicted molar refractivity (Wildman–Crippen MR) is 102 cm³/mol. The number of β-amino-alcohol motifs (C(OH)–C–C–N with tert-alkyl or cyclic N) is 1. The Morgan fingerprint density at radius 3 is 2.77 bits per heavy atom. The van der Waals surface area contributed by atoms with Crippen LogP contribution in [0.15, 0.2) is 42.9 Å². The molecule has 1 aliphatic heterocycles. The summed E-state index contributed by atoms with van der Waals surface area (Å²) in [6.07, 6.45) is 5.53. The van der Waals surface area contributed by atoms with Crippen molar-refractivity contribution in [1.82, 2.24) is 24.4 Å². The molecule has 1 aliphatic rings. The predicted octanol–water partition coefficient (Wildman–Crippen LogP) is 2.71. The minimum Gasteiger partial charge on any atom is -0.392 e. The van der Waals surface area contributed by atoms with Crippen molar-refractivity contribution in [1.29, 1.82) is 0 Å². The topological polar surface area (TPSA) is 70.0 Å². The van der Waals surface area contributed by atoms with E-state index in [0.29, 0.717) is 0 Å². The average molecular weight is 351 g/mol. The molecule has 1 fully saturated rings. The second-order valence-electron chi connectivity index (χ2n) is 7.01. The van der Waals surface area contributed by atoms with Crippen molar-refractivity contribution in [3.05, 3.63) is 48.5 Å². The van der Waals surface area contributed by atoms with Gasteiger partial charge in [0.15, 0.2) is 5.82 Å². The van der Waals surface area contributed by atoms with E-state index in [1.54, 1.807) is 0 Å². The van der Waals surface area contributed by atoms with Crippen molar-refractivity contribution in [2.24, 2.45) is 0 Å². The van der Waals surface area contributed by atoms with Gasteiger partial charge in [0.1, 0.15) is 5.69 Å². The fourth-order valence-electron chi connectivity index (χ4n) is 3.62. The number of aliphatic hydroxyl groups is 1. The number of imidazole rings is 2. The normalized spacial score (nSPS) is 18.3. The second-order valence-corrected chi connectivity index (χ2v) is 7.01. The standard InChI is InChI=1S/C20H25N5O/c1-15-12-21-20(23-15)19-18(16-6-3-2-4-7-16)22-14-25(19)11-10-24-9-5-8-17(26)13-24/h2-4,6-7,12,14,17,26H,5,8-11,13H2,1H3,(H,21,23)/t17-/m1/s1. The minimum absolute atomic E-state index is 0.196. The van der Waals surface area contributed by atoms with Crippen LogP contribution in [0.2, 0.25) is 0 Å². The third-order valence-electron chi connectivity index (χ3n) is 4.95. The molecule has 3 heterocycles. The van der Waals surface area contributed by atoms with Gasteiger partial charge in [-0.1, -0.05) is 30.3 Å². The molecule has 4 rings (SSSR count). The maximum absolute atomic E-state index is 9.89. The number of rotatable bonds is 5. The molecule has 1 atom stereocenters. The maximum Gasteiger partial charge on any atom is 0.156 e. The number of nitrogens with zero attached hydrogens (tertiary/aromatic N) is 4. The van der Waals surface area contributed by atoms with Gasteiger partial charge in [0, 0.05) is 37.1 Å². The Balaban J connectivity index is 1.63. The number of aromatic amines is 1. The van der Waals surface area contributed by atoms with Crippen LogP contribution < -0.4 is 0 Å². The number of hydrogen-bond donors (Lipinski definition) is 2. The van der Waals surface area contributed by atoms with Crippen LogP contribution in [0, 0.1) is 6.92 Å². The highest BCUT2D eigenvalue weighted by molar-refractivity contribution is 5.75. The lowest BCUT2D eigenvalue weighted by Gasteiger charge is -2.30. The Morgan fingerprint density at radius 2 is 2.04 bits per heavy atom. The van der Waals surface area contributed by atoms with E-state index in [4.69, 9.17) is 0 Å². The SMILES string of the molecule is Cc1cnc(-c2c(-c3ccccc3)ncn2CCN2CCC[C@@H](O)C2)[nH]1. The zero-order chi connectivity index (χ0) is 17.9. The van der Waals surface area contributed by atoms with E-state index in [0.717, 1.165) is 67.5 Å². The lowest BCUT2D eigenvalue weighted by Crippen LogP contribution is -2.39. The summed E-state index contributed by atoms with van der Waals surface area (Å²) in [5, 5.41) is 9.89. The zero-order valence-electron chi connectivity index (χ0n) is 15.1. The molecule has 0 spiro atoms. The van der Waals surface area contributed by atoms with E-state index in [1.807, 2.05) is 37.6 Å². The van der Waals surface area contributed by atoms with Gasteiger partial charge in [0.25, 0.3) is 0 Å². The Morgan fingerprint density at radius 1 is 1.19 bits per heavy atom. The molecule has 2 aromatic heterocycles. The van der Waals surface area contributed by atoms with Crippen LogP contribution in [0.25, 0.3) is 22.8 Å². The lowest BCUT2D eigenvalue weighted by molar-refractivity contribution is 0.0690. The van der Waals surface area contributed by atoms with Crippen LogP contribution in [0.3, 0.4) is 0 Å². The van der Waals surface area contributed by atoms with Gasteiger partial charge in [-0.3, -0.25) is 4.90 Å². The molecular formula is C20H25N5O. The molecule has 0 radical (unpaired) electrons. The summed E-state index contributed by atoms with van der Waals surface area (Å²) in [6, 6.07) is 10.2. The number of aliphatic hydroxyl groups excluding tert-OH is 1. The first-order valence-electron chi connectivity index (χ1n) is 9.23. The quantitative estimate of drug-likeness (QED) is 0.741. The number of hydrogen-bond acceptors (Lipinski definition) is 4. The number of benzene rings is 1. The van der Waals surface area contributed by atoms with E-state index < -0.39 is 0 Å². The summed E-state index contributed by atoms with van der Waals surface area (Å²) >= 11 is 0. The Kier molecular flexibility index (Phi) is 4.86. The molecular weight excluding hydrogens is 326 g/mol. The van der Waals surface area contributed by atoms with Crippen molar-refractivity contribution in [2.75, 3.05) is 19.6 Å². The Bertz CT molecular complexity index is 854. The summed E-state index contributed by atoms with van der Waals surface area (Å²) in [5.41, 5.74) is 4.08. The highest BCUT2D eigenvalue weighted by Crippen LogP contribution is 2.29. The maximum atomic E-state index is 9.89. The smallest absolute Gasteiger partial charge is 0.156 e. The fourth-order valence-corrected chi connectivity index (χ4v) is 3.62. The lowest BCUT2D eigenvalue weighted by atomic mass is 10.1. The van der Waals surface area contributed by atoms with Crippen molar-refractivity contribution in [3.8, 4) is 22.8 Å². The van der Waals surface area contributed by atoms with E-state index in [1.165, 1.54) is 0 Å². The molecule has 0 saturated carbocycles. The largest absolute Gasteiger partial charge is 0.392 e. The van der Waals surface area contributed by atoms with E-state index in [-0.39, 0.29) is 6.10 Å². The monoisotopic (exact) mass is 351 g/mol. The van der Waals surface area contributed by atoms with Crippen molar-refractivity contribution < 1.29 is 5.11 Å². The van der Waals surface area contributed by atoms with Gasteiger partial charge >= 0.3 is 0 Å². The number of nitrogens with one attached hydrogen (secondary N) is 1. The van der Waals surface area contributed by atoms with Crippen LogP contribution in [0.4, 0.5) is 0 Å². The van der Waals surface area contributed by atoms with Crippen LogP contribution in [0.1, 0.15) is 18.5 Å². The third-order valence-corrected chi connectivity index (χ3v) is 4.95. The number of aromatic nitrogens is 4. The van der Waals surface area contributed by atoms with Gasteiger partial charge < -0.3 is 14.7 Å². The number of piperidine rings is 1. The van der Waals surface area contributed by atoms with Gasteiger partial charge in [0.05, 0.1) is 18.1 Å². The van der Waals surface area contributed by atoms with Gasteiger partial charge in [-0.25, -0.2) is 9.97 Å². The highest BCUT2D eigenvalue weighted by Gasteiger charge is 2.20. The second kappa shape index (κ2) is 7.43. The summed E-state index contributed by atoms with van der Waals surface area (Å²) in [4.78, 5) is 14.9. The molecule has 6 nitrogen and oxygen atoms in total. The first-order valence-corrected chi connectivity index (χ1v) is 9.23. The van der Waals surface area contributed by atoms with Crippen LogP contribution in [-0.2, 0) is 6.54 Å². The molecule has 0 unspecified atom stereocenters. The van der Waals surface area contributed by atoms with Crippen LogP contribution >= 0.6 is 0 Å². The van der Waals surface area contributed by atoms with Crippen LogP contribution in [0.5, 0.6) is 0 Å². The van der Waals surface area contributed by atoms with Crippen molar-refractivity contribution in [3.63, 3.8) is 0 Å². The molecule has 136 valence electrons. The third kappa shape index (κ3) is 3.57. The molecule has 0 aliphatic carbocycles. The summed E-state index contributed by atoms with van der Waals surface area (Å²) < 4.78 is 2.17. The van der Waals surface area contributed by atoms with Gasteiger partial charge in [-0.05, 0) is 26.3 Å². The molecule has 6 heteroatoms. The summed E-state index contributed by atoms with van der Waals surface area (Å²) in [5.74, 6) is 0.845. The Hall–Kier alpha value is -2.44. The number of likely N-dealkylation sites (tertiary alicyclic amines) is 1. The number of H-pyrrole nitrogens is 1. The van der Waals surface area contributed by atoms with Crippen molar-refractivity contribution in [2.45, 2.75) is 32.4 Å². The molecule has 2 N–H and O–H groups in total. The fraction of sp³-hybridized carbons (Fsp3) is 0.400. The first-order chi connectivity index (χ1) is 12.7. The summed E-state index contributed by atoms with van der Waals surface area (Å²) in [7, 11) is 0. The average Bonchev–Trinajstić information content (AvgIpc) is 3.26. The van der Waals surface area contributed by atoms with Gasteiger partial charge in [0.2, 0.25) is 0 Å².